The quantitative estimate of drug-likeness (QED) is 0.598. The fourth-order valence-electron chi connectivity index (χ4n) is 1.35. The number of hydrogen-bond acceptors (Lipinski definition) is 4. The Morgan fingerprint density at radius 3 is 2.94 bits per heavy atom. The second kappa shape index (κ2) is 4.74. The van der Waals surface area contributed by atoms with Gasteiger partial charge in [0, 0.05) is 24.0 Å². The van der Waals surface area contributed by atoms with Crippen LogP contribution in [-0.4, -0.2) is 15.9 Å². The summed E-state index contributed by atoms with van der Waals surface area (Å²) in [6.07, 6.45) is 3.78. The summed E-state index contributed by atoms with van der Waals surface area (Å²) < 4.78 is 5.24. The van der Waals surface area contributed by atoms with E-state index in [0.29, 0.717) is 28.8 Å². The third-order valence-electron chi connectivity index (χ3n) is 2.38. The van der Waals surface area contributed by atoms with Gasteiger partial charge in [0.15, 0.2) is 5.75 Å². The van der Waals surface area contributed by atoms with E-state index in [4.69, 9.17) is 4.74 Å². The SMILES string of the molecule is C=C(CC)C(=O)Oc1ccnc2cccnc12. The van der Waals surface area contributed by atoms with Crippen LogP contribution >= 0.6 is 0 Å². The molecule has 0 radical (unpaired) electrons. The van der Waals surface area contributed by atoms with Crippen molar-refractivity contribution in [3.8, 4) is 5.75 Å². The second-order valence-corrected chi connectivity index (χ2v) is 3.53. The average Bonchev–Trinajstić information content (AvgIpc) is 2.38. The molecule has 0 amide bonds. The molecule has 4 heteroatoms. The van der Waals surface area contributed by atoms with Crippen molar-refractivity contribution in [2.24, 2.45) is 0 Å². The van der Waals surface area contributed by atoms with E-state index in [1.807, 2.05) is 13.0 Å². The second-order valence-electron chi connectivity index (χ2n) is 3.53. The van der Waals surface area contributed by atoms with Crippen LogP contribution in [-0.2, 0) is 4.79 Å². The molecule has 0 spiro atoms. The summed E-state index contributed by atoms with van der Waals surface area (Å²) in [5.41, 5.74) is 1.71. The van der Waals surface area contributed by atoms with Gasteiger partial charge < -0.3 is 4.74 Å². The molecule has 0 aliphatic carbocycles. The average molecular weight is 228 g/mol. The molecule has 86 valence electrons. The fourth-order valence-corrected chi connectivity index (χ4v) is 1.35. The van der Waals surface area contributed by atoms with E-state index in [1.54, 1.807) is 24.5 Å². The first-order chi connectivity index (χ1) is 8.22. The number of rotatable bonds is 3. The van der Waals surface area contributed by atoms with Gasteiger partial charge in [-0.3, -0.25) is 9.97 Å². The Kier molecular flexibility index (Phi) is 3.14. The molecular weight excluding hydrogens is 216 g/mol. The normalized spacial score (nSPS) is 10.2. The molecule has 0 atom stereocenters. The van der Waals surface area contributed by atoms with Crippen molar-refractivity contribution in [2.45, 2.75) is 13.3 Å². The van der Waals surface area contributed by atoms with Crippen molar-refractivity contribution < 1.29 is 9.53 Å². The Morgan fingerprint density at radius 2 is 2.18 bits per heavy atom. The van der Waals surface area contributed by atoms with E-state index in [0.717, 1.165) is 0 Å². The van der Waals surface area contributed by atoms with Gasteiger partial charge in [0.2, 0.25) is 0 Å². The molecule has 0 saturated carbocycles. The minimum absolute atomic E-state index is 0.412. The lowest BCUT2D eigenvalue weighted by Crippen LogP contribution is -2.10. The number of carbonyl (C=O) groups excluding carboxylic acids is 1. The molecular formula is C13H12N2O2. The lowest BCUT2D eigenvalue weighted by atomic mass is 10.2. The predicted octanol–water partition coefficient (Wildman–Crippen LogP) is 2.50. The van der Waals surface area contributed by atoms with Crippen LogP contribution in [0.15, 0.2) is 42.7 Å². The Balaban J connectivity index is 2.36. The van der Waals surface area contributed by atoms with Gasteiger partial charge >= 0.3 is 5.97 Å². The molecule has 0 fully saturated rings. The molecule has 0 unspecified atom stereocenters. The highest BCUT2D eigenvalue weighted by Gasteiger charge is 2.11. The number of esters is 1. The van der Waals surface area contributed by atoms with Crippen LogP contribution in [0.3, 0.4) is 0 Å². The van der Waals surface area contributed by atoms with Gasteiger partial charge in [-0.25, -0.2) is 4.79 Å². The van der Waals surface area contributed by atoms with Crippen LogP contribution < -0.4 is 4.74 Å². The molecule has 0 bridgehead atoms. The minimum atomic E-state index is -0.425. The maximum absolute atomic E-state index is 11.6. The largest absolute Gasteiger partial charge is 0.421 e. The molecule has 2 aromatic rings. The summed E-state index contributed by atoms with van der Waals surface area (Å²) in [4.78, 5) is 19.9. The Hall–Kier alpha value is -2.23. The highest BCUT2D eigenvalue weighted by atomic mass is 16.5. The first kappa shape index (κ1) is 11.3. The van der Waals surface area contributed by atoms with E-state index < -0.39 is 5.97 Å². The third-order valence-corrected chi connectivity index (χ3v) is 2.38. The van der Waals surface area contributed by atoms with E-state index in [-0.39, 0.29) is 0 Å². The van der Waals surface area contributed by atoms with Gasteiger partial charge in [-0.2, -0.15) is 0 Å². The van der Waals surface area contributed by atoms with Crippen molar-refractivity contribution in [1.82, 2.24) is 9.97 Å². The molecule has 0 aromatic carbocycles. The topological polar surface area (TPSA) is 52.1 Å². The van der Waals surface area contributed by atoms with Crippen molar-refractivity contribution >= 4 is 17.0 Å². The highest BCUT2D eigenvalue weighted by Crippen LogP contribution is 2.21. The van der Waals surface area contributed by atoms with Crippen LogP contribution in [0.1, 0.15) is 13.3 Å². The van der Waals surface area contributed by atoms with Crippen molar-refractivity contribution in [2.75, 3.05) is 0 Å². The van der Waals surface area contributed by atoms with Crippen LogP contribution in [0.4, 0.5) is 0 Å². The van der Waals surface area contributed by atoms with Crippen LogP contribution in [0.5, 0.6) is 5.75 Å². The van der Waals surface area contributed by atoms with Crippen molar-refractivity contribution in [1.29, 1.82) is 0 Å². The minimum Gasteiger partial charge on any atom is -0.421 e. The first-order valence-corrected chi connectivity index (χ1v) is 5.32. The Bertz CT molecular complexity index is 573. The summed E-state index contributed by atoms with van der Waals surface area (Å²) in [6, 6.07) is 5.22. The summed E-state index contributed by atoms with van der Waals surface area (Å²) in [6.45, 7) is 5.49. The number of ether oxygens (including phenoxy) is 1. The number of carbonyl (C=O) groups is 1. The van der Waals surface area contributed by atoms with Crippen molar-refractivity contribution in [3.63, 3.8) is 0 Å². The zero-order chi connectivity index (χ0) is 12.3. The lowest BCUT2D eigenvalue weighted by molar-refractivity contribution is -0.130. The van der Waals surface area contributed by atoms with Gasteiger partial charge in [0.1, 0.15) is 5.52 Å². The summed E-state index contributed by atoms with van der Waals surface area (Å²) in [5, 5.41) is 0. The molecule has 4 nitrogen and oxygen atoms in total. The highest BCUT2D eigenvalue weighted by molar-refractivity contribution is 5.92. The standard InChI is InChI=1S/C13H12N2O2/c1-3-9(2)13(16)17-11-6-8-14-10-5-4-7-15-12(10)11/h4-8H,2-3H2,1H3. The monoisotopic (exact) mass is 228 g/mol. The summed E-state index contributed by atoms with van der Waals surface area (Å²) in [5.74, 6) is -0.0131. The van der Waals surface area contributed by atoms with E-state index in [2.05, 4.69) is 16.5 Å². The third kappa shape index (κ3) is 2.30. The lowest BCUT2D eigenvalue weighted by Gasteiger charge is -2.06. The van der Waals surface area contributed by atoms with Crippen LogP contribution in [0.2, 0.25) is 0 Å². The predicted molar refractivity (Wildman–Crippen MR) is 64.6 cm³/mol. The smallest absolute Gasteiger partial charge is 0.338 e. The zero-order valence-corrected chi connectivity index (χ0v) is 9.51. The van der Waals surface area contributed by atoms with E-state index in [1.165, 1.54) is 0 Å². The van der Waals surface area contributed by atoms with E-state index >= 15 is 0 Å². The molecule has 0 saturated heterocycles. The number of nitrogens with zero attached hydrogens (tertiary/aromatic N) is 2. The molecule has 0 aliphatic heterocycles. The van der Waals surface area contributed by atoms with E-state index in [9.17, 15) is 4.79 Å². The van der Waals surface area contributed by atoms with Gasteiger partial charge in [-0.15, -0.1) is 0 Å². The molecule has 2 aromatic heterocycles. The van der Waals surface area contributed by atoms with Gasteiger partial charge in [0.25, 0.3) is 0 Å². The van der Waals surface area contributed by atoms with Crippen molar-refractivity contribution in [3.05, 3.63) is 42.7 Å². The molecule has 2 rings (SSSR count). The van der Waals surface area contributed by atoms with Gasteiger partial charge in [-0.1, -0.05) is 13.5 Å². The molecule has 2 heterocycles. The Labute approximate surface area is 99.0 Å². The van der Waals surface area contributed by atoms with Gasteiger partial charge in [0.05, 0.1) is 5.52 Å². The number of pyridine rings is 2. The van der Waals surface area contributed by atoms with Crippen LogP contribution in [0, 0.1) is 0 Å². The van der Waals surface area contributed by atoms with Crippen LogP contribution in [0.25, 0.3) is 11.0 Å². The summed E-state index contributed by atoms with van der Waals surface area (Å²) >= 11 is 0. The molecule has 0 N–H and O–H groups in total. The molecule has 17 heavy (non-hydrogen) atoms. The maximum atomic E-state index is 11.6. The maximum Gasteiger partial charge on any atom is 0.338 e. The molecule has 0 aliphatic rings. The fraction of sp³-hybridized carbons (Fsp3) is 0.154. The number of hydrogen-bond donors (Lipinski definition) is 0. The van der Waals surface area contributed by atoms with Gasteiger partial charge in [-0.05, 0) is 18.6 Å². The first-order valence-electron chi connectivity index (χ1n) is 5.32. The Morgan fingerprint density at radius 1 is 1.35 bits per heavy atom. The summed E-state index contributed by atoms with van der Waals surface area (Å²) in [7, 11) is 0. The zero-order valence-electron chi connectivity index (χ0n) is 9.51. The number of aromatic nitrogens is 2. The number of fused-ring (bicyclic) bond motifs is 1.